The molecule has 2 rings (SSSR count). The van der Waals surface area contributed by atoms with E-state index in [4.69, 9.17) is 9.47 Å². The average molecular weight is 291 g/mol. The molecule has 1 aliphatic rings. The zero-order chi connectivity index (χ0) is 15.5. The van der Waals surface area contributed by atoms with E-state index >= 15 is 0 Å². The van der Waals surface area contributed by atoms with Crippen LogP contribution in [-0.2, 0) is 0 Å². The van der Waals surface area contributed by atoms with E-state index in [1.165, 1.54) is 12.0 Å². The van der Waals surface area contributed by atoms with Crippen molar-refractivity contribution in [3.05, 3.63) is 23.8 Å². The second-order valence-electron chi connectivity index (χ2n) is 6.70. The van der Waals surface area contributed by atoms with Crippen molar-refractivity contribution < 1.29 is 9.47 Å². The number of rotatable bonds is 6. The Morgan fingerprint density at radius 1 is 1.43 bits per heavy atom. The Kier molecular flexibility index (Phi) is 5.15. The highest BCUT2D eigenvalue weighted by Gasteiger charge is 2.35. The van der Waals surface area contributed by atoms with Crippen LogP contribution in [0.15, 0.2) is 18.2 Å². The lowest BCUT2D eigenvalue weighted by Gasteiger charge is -2.40. The number of methoxy groups -OCH3 is 1. The Bertz CT molecular complexity index is 472. The van der Waals surface area contributed by atoms with Crippen LogP contribution in [0.5, 0.6) is 11.5 Å². The van der Waals surface area contributed by atoms with E-state index in [1.807, 2.05) is 12.1 Å². The summed E-state index contributed by atoms with van der Waals surface area (Å²) in [6.07, 6.45) is 3.22. The minimum atomic E-state index is -0.102. The van der Waals surface area contributed by atoms with Crippen molar-refractivity contribution in [2.45, 2.75) is 58.6 Å². The summed E-state index contributed by atoms with van der Waals surface area (Å²) in [7, 11) is 1.70. The maximum Gasteiger partial charge on any atom is 0.128 e. The highest BCUT2D eigenvalue weighted by Crippen LogP contribution is 2.42. The van der Waals surface area contributed by atoms with Crippen LogP contribution in [0, 0.1) is 5.92 Å². The largest absolute Gasteiger partial charge is 0.497 e. The highest BCUT2D eigenvalue weighted by atomic mass is 16.5. The molecule has 1 heterocycles. The Balaban J connectivity index is 2.20. The van der Waals surface area contributed by atoms with Gasteiger partial charge in [0.05, 0.1) is 7.11 Å². The first kappa shape index (κ1) is 16.2. The summed E-state index contributed by atoms with van der Waals surface area (Å²) in [5, 5.41) is 3.72. The van der Waals surface area contributed by atoms with Gasteiger partial charge in [-0.15, -0.1) is 0 Å². The fourth-order valence-corrected chi connectivity index (χ4v) is 2.81. The number of fused-ring (bicyclic) bond motifs is 1. The van der Waals surface area contributed by atoms with Crippen LogP contribution in [0.2, 0.25) is 0 Å². The summed E-state index contributed by atoms with van der Waals surface area (Å²) < 4.78 is 11.6. The molecule has 2 atom stereocenters. The molecule has 3 nitrogen and oxygen atoms in total. The zero-order valence-electron chi connectivity index (χ0n) is 14.0. The van der Waals surface area contributed by atoms with Crippen LogP contribution in [0.1, 0.15) is 58.6 Å². The third-order valence-corrected chi connectivity index (χ3v) is 4.45. The van der Waals surface area contributed by atoms with Gasteiger partial charge in [-0.2, -0.15) is 0 Å². The molecule has 118 valence electrons. The van der Waals surface area contributed by atoms with Gasteiger partial charge in [-0.3, -0.25) is 0 Å². The van der Waals surface area contributed by atoms with E-state index in [9.17, 15) is 0 Å². The van der Waals surface area contributed by atoms with Gasteiger partial charge in [-0.05, 0) is 38.3 Å². The van der Waals surface area contributed by atoms with Gasteiger partial charge in [0.15, 0.2) is 0 Å². The number of hydrogen-bond acceptors (Lipinski definition) is 3. The monoisotopic (exact) mass is 291 g/mol. The van der Waals surface area contributed by atoms with Gasteiger partial charge in [0.2, 0.25) is 0 Å². The molecule has 21 heavy (non-hydrogen) atoms. The first-order chi connectivity index (χ1) is 9.97. The van der Waals surface area contributed by atoms with Gasteiger partial charge in [0, 0.05) is 24.1 Å². The number of nitrogens with one attached hydrogen (secondary N) is 1. The number of hydrogen-bond donors (Lipinski definition) is 1. The number of ether oxygens (including phenoxy) is 2. The first-order valence-corrected chi connectivity index (χ1v) is 8.07. The zero-order valence-corrected chi connectivity index (χ0v) is 14.0. The molecular formula is C18H29NO2. The second-order valence-corrected chi connectivity index (χ2v) is 6.70. The molecule has 0 saturated carbocycles. The summed E-state index contributed by atoms with van der Waals surface area (Å²) in [4.78, 5) is 0. The molecule has 2 unspecified atom stereocenters. The Labute approximate surface area is 129 Å². The van der Waals surface area contributed by atoms with Gasteiger partial charge in [-0.25, -0.2) is 0 Å². The van der Waals surface area contributed by atoms with Crippen LogP contribution in [-0.4, -0.2) is 19.3 Å². The molecule has 0 spiro atoms. The quantitative estimate of drug-likeness (QED) is 0.846. The summed E-state index contributed by atoms with van der Waals surface area (Å²) >= 11 is 0. The lowest BCUT2D eigenvalue weighted by atomic mass is 9.86. The van der Waals surface area contributed by atoms with E-state index < -0.39 is 0 Å². The predicted molar refractivity (Wildman–Crippen MR) is 87.1 cm³/mol. The molecule has 0 saturated heterocycles. The third kappa shape index (κ3) is 3.91. The van der Waals surface area contributed by atoms with E-state index in [-0.39, 0.29) is 5.60 Å². The molecule has 0 aromatic heterocycles. The predicted octanol–water partition coefficient (Wildman–Crippen LogP) is 4.32. The highest BCUT2D eigenvalue weighted by molar-refractivity contribution is 5.44. The molecule has 1 N–H and O–H groups in total. The van der Waals surface area contributed by atoms with Crippen LogP contribution in [0.3, 0.4) is 0 Å². The lowest BCUT2D eigenvalue weighted by molar-refractivity contribution is 0.0438. The van der Waals surface area contributed by atoms with Crippen molar-refractivity contribution in [1.82, 2.24) is 5.32 Å². The van der Waals surface area contributed by atoms with Crippen molar-refractivity contribution >= 4 is 0 Å². The molecule has 0 radical (unpaired) electrons. The Morgan fingerprint density at radius 2 is 2.19 bits per heavy atom. The Morgan fingerprint density at radius 3 is 2.81 bits per heavy atom. The van der Waals surface area contributed by atoms with Crippen LogP contribution >= 0.6 is 0 Å². The molecule has 0 amide bonds. The minimum Gasteiger partial charge on any atom is -0.497 e. The topological polar surface area (TPSA) is 30.5 Å². The van der Waals surface area contributed by atoms with E-state index in [2.05, 4.69) is 39.1 Å². The van der Waals surface area contributed by atoms with Gasteiger partial charge < -0.3 is 14.8 Å². The molecule has 0 fully saturated rings. The molecule has 0 bridgehead atoms. The fourth-order valence-electron chi connectivity index (χ4n) is 2.81. The lowest BCUT2D eigenvalue weighted by Crippen LogP contribution is -2.41. The summed E-state index contributed by atoms with van der Waals surface area (Å²) in [6.45, 7) is 9.97. The third-order valence-electron chi connectivity index (χ3n) is 4.45. The van der Waals surface area contributed by atoms with Gasteiger partial charge in [-0.1, -0.05) is 26.8 Å². The summed E-state index contributed by atoms with van der Waals surface area (Å²) in [5.74, 6) is 2.55. The van der Waals surface area contributed by atoms with Crippen molar-refractivity contribution in [3.8, 4) is 11.5 Å². The molecule has 1 aromatic carbocycles. The van der Waals surface area contributed by atoms with E-state index in [0.717, 1.165) is 36.8 Å². The van der Waals surface area contributed by atoms with E-state index in [0.29, 0.717) is 6.04 Å². The maximum absolute atomic E-state index is 6.25. The number of benzene rings is 1. The average Bonchev–Trinajstić information content (AvgIpc) is 2.46. The molecule has 1 aliphatic heterocycles. The van der Waals surface area contributed by atoms with Crippen LogP contribution in [0.4, 0.5) is 0 Å². The van der Waals surface area contributed by atoms with Gasteiger partial charge in [0.1, 0.15) is 17.1 Å². The van der Waals surface area contributed by atoms with Gasteiger partial charge >= 0.3 is 0 Å². The second kappa shape index (κ2) is 6.69. The van der Waals surface area contributed by atoms with Crippen molar-refractivity contribution in [2.24, 2.45) is 5.92 Å². The summed E-state index contributed by atoms with van der Waals surface area (Å²) in [5.41, 5.74) is 1.15. The maximum atomic E-state index is 6.25. The molecule has 3 heteroatoms. The standard InChI is InChI=1S/C18H29NO2/c1-6-18(4)12-16(19-10-9-13(2)3)15-8-7-14(20-5)11-17(15)21-18/h7-8,11,13,16,19H,6,9-10,12H2,1-5H3. The van der Waals surface area contributed by atoms with Crippen molar-refractivity contribution in [3.63, 3.8) is 0 Å². The fraction of sp³-hybridized carbons (Fsp3) is 0.667. The molecule has 0 aliphatic carbocycles. The van der Waals surface area contributed by atoms with Crippen molar-refractivity contribution in [1.29, 1.82) is 0 Å². The van der Waals surface area contributed by atoms with Gasteiger partial charge in [0.25, 0.3) is 0 Å². The summed E-state index contributed by atoms with van der Waals surface area (Å²) in [6, 6.07) is 6.53. The minimum absolute atomic E-state index is 0.102. The molecular weight excluding hydrogens is 262 g/mol. The SMILES string of the molecule is CCC1(C)CC(NCCC(C)C)c2ccc(OC)cc2O1. The Hall–Kier alpha value is -1.22. The normalized spacial score (nSPS) is 24.6. The van der Waals surface area contributed by atoms with Crippen molar-refractivity contribution in [2.75, 3.05) is 13.7 Å². The van der Waals surface area contributed by atoms with E-state index in [1.54, 1.807) is 7.11 Å². The van der Waals surface area contributed by atoms with Crippen LogP contribution in [0.25, 0.3) is 0 Å². The smallest absolute Gasteiger partial charge is 0.128 e. The van der Waals surface area contributed by atoms with Crippen LogP contribution < -0.4 is 14.8 Å². The molecule has 1 aromatic rings. The first-order valence-electron chi connectivity index (χ1n) is 8.07.